The number of rotatable bonds is 8. The molecule has 0 saturated heterocycles. The number of amides is 1. The van der Waals surface area contributed by atoms with Crippen LogP contribution in [-0.4, -0.2) is 40.9 Å². The first-order chi connectivity index (χ1) is 11.5. The molecule has 26 heavy (non-hydrogen) atoms. The van der Waals surface area contributed by atoms with E-state index >= 15 is 0 Å². The van der Waals surface area contributed by atoms with Crippen LogP contribution >= 0.6 is 24.8 Å². The van der Waals surface area contributed by atoms with Gasteiger partial charge in [0.25, 0.3) is 0 Å². The monoisotopic (exact) mass is 405 g/mol. The first-order valence-corrected chi connectivity index (χ1v) is 8.33. The third-order valence-corrected chi connectivity index (χ3v) is 4.27. The van der Waals surface area contributed by atoms with Crippen LogP contribution in [0.5, 0.6) is 5.88 Å². The molecule has 0 spiro atoms. The van der Waals surface area contributed by atoms with Crippen molar-refractivity contribution in [3.05, 3.63) is 16.8 Å². The first kappa shape index (κ1) is 24.4. The van der Waals surface area contributed by atoms with E-state index in [1.807, 2.05) is 20.9 Å². The number of carbonyl (C=O) groups excluding carboxylic acids is 1. The Bertz CT molecular complexity index is 734. The number of hydrogen-bond acceptors (Lipinski definition) is 5. The van der Waals surface area contributed by atoms with E-state index in [2.05, 4.69) is 15.4 Å². The van der Waals surface area contributed by atoms with Crippen molar-refractivity contribution in [2.45, 2.75) is 39.5 Å². The number of unbranched alkanes of at least 4 members (excludes halogenated alkanes) is 1. The predicted octanol–water partition coefficient (Wildman–Crippen LogP) is 2.23. The maximum atomic E-state index is 12.0. The summed E-state index contributed by atoms with van der Waals surface area (Å²) in [5.74, 6) is 0.633. The lowest BCUT2D eigenvalue weighted by Crippen LogP contribution is -2.25. The number of nitrogens with one attached hydrogen (secondary N) is 1. The number of fused-ring (bicyclic) bond motifs is 1. The summed E-state index contributed by atoms with van der Waals surface area (Å²) in [6.07, 6.45) is 2.95. The van der Waals surface area contributed by atoms with E-state index in [4.69, 9.17) is 10.5 Å². The molecule has 0 fully saturated rings. The van der Waals surface area contributed by atoms with Gasteiger partial charge in [-0.25, -0.2) is 9.67 Å². The topological polar surface area (TPSA) is 95.1 Å². The van der Waals surface area contributed by atoms with Gasteiger partial charge in [0.1, 0.15) is 0 Å². The van der Waals surface area contributed by atoms with Gasteiger partial charge in [0.05, 0.1) is 12.5 Å². The summed E-state index contributed by atoms with van der Waals surface area (Å²) in [4.78, 5) is 16.6. The van der Waals surface area contributed by atoms with E-state index in [9.17, 15) is 4.79 Å². The Morgan fingerprint density at radius 1 is 1.27 bits per heavy atom. The molecule has 0 bridgehead atoms. The van der Waals surface area contributed by atoms with Crippen LogP contribution in [0, 0.1) is 13.8 Å². The summed E-state index contributed by atoms with van der Waals surface area (Å²) >= 11 is 0. The molecule has 2 rings (SSSR count). The van der Waals surface area contributed by atoms with E-state index in [0.717, 1.165) is 40.7 Å². The van der Waals surface area contributed by atoms with Gasteiger partial charge in [-0.1, -0.05) is 0 Å². The number of nitrogens with two attached hydrogens (primary N) is 1. The molecule has 7 nitrogen and oxygen atoms in total. The highest BCUT2D eigenvalue weighted by Crippen LogP contribution is 2.30. The molecule has 1 amide bonds. The molecule has 0 aliphatic carbocycles. The van der Waals surface area contributed by atoms with Crippen LogP contribution in [0.3, 0.4) is 0 Å². The normalized spacial score (nSPS) is 10.2. The van der Waals surface area contributed by atoms with Crippen molar-refractivity contribution in [3.8, 4) is 5.88 Å². The molecule has 0 radical (unpaired) electrons. The average Bonchev–Trinajstić information content (AvgIpc) is 2.87. The van der Waals surface area contributed by atoms with E-state index in [1.54, 1.807) is 11.8 Å². The zero-order valence-electron chi connectivity index (χ0n) is 15.8. The summed E-state index contributed by atoms with van der Waals surface area (Å²) in [6.45, 7) is 5.35. The number of methoxy groups -OCH3 is 1. The molecule has 3 N–H and O–H groups in total. The number of aromatic nitrogens is 3. The van der Waals surface area contributed by atoms with Gasteiger partial charge in [-0.05, 0) is 50.8 Å². The van der Waals surface area contributed by atoms with Crippen molar-refractivity contribution in [1.29, 1.82) is 0 Å². The van der Waals surface area contributed by atoms with E-state index in [1.165, 1.54) is 0 Å². The van der Waals surface area contributed by atoms with Crippen LogP contribution < -0.4 is 15.8 Å². The molecule has 0 saturated carbocycles. The van der Waals surface area contributed by atoms with Gasteiger partial charge in [0, 0.05) is 25.7 Å². The zero-order chi connectivity index (χ0) is 17.7. The highest BCUT2D eigenvalue weighted by atomic mass is 35.5. The summed E-state index contributed by atoms with van der Waals surface area (Å²) < 4.78 is 7.09. The number of halogens is 2. The van der Waals surface area contributed by atoms with Gasteiger partial charge >= 0.3 is 0 Å². The van der Waals surface area contributed by atoms with Crippen molar-refractivity contribution in [2.24, 2.45) is 12.8 Å². The van der Waals surface area contributed by atoms with Crippen LogP contribution in [0.4, 0.5) is 0 Å². The Balaban J connectivity index is 0.00000312. The quantitative estimate of drug-likeness (QED) is 0.656. The summed E-state index contributed by atoms with van der Waals surface area (Å²) in [7, 11) is 3.46. The van der Waals surface area contributed by atoms with E-state index < -0.39 is 0 Å². The lowest BCUT2D eigenvalue weighted by Gasteiger charge is -2.11. The molecule has 0 aliphatic heterocycles. The van der Waals surface area contributed by atoms with Crippen molar-refractivity contribution in [2.75, 3.05) is 20.2 Å². The number of ether oxygens (including phenoxy) is 1. The van der Waals surface area contributed by atoms with Crippen LogP contribution in [-0.2, 0) is 18.3 Å². The minimum atomic E-state index is 0. The molecule has 2 heterocycles. The maximum Gasteiger partial charge on any atom is 0.242 e. The smallest absolute Gasteiger partial charge is 0.242 e. The van der Waals surface area contributed by atoms with Crippen LogP contribution in [0.25, 0.3) is 11.0 Å². The fourth-order valence-corrected chi connectivity index (χ4v) is 2.93. The molecular formula is C17H29Cl2N5O2. The van der Waals surface area contributed by atoms with Crippen LogP contribution in [0.2, 0.25) is 0 Å². The van der Waals surface area contributed by atoms with Gasteiger partial charge in [-0.2, -0.15) is 0 Å². The minimum Gasteiger partial charge on any atom is -0.479 e. The molecule has 0 unspecified atom stereocenters. The fourth-order valence-electron chi connectivity index (χ4n) is 2.93. The molecule has 0 atom stereocenters. The number of aryl methyl sites for hydroxylation is 3. The van der Waals surface area contributed by atoms with Gasteiger partial charge in [-0.3, -0.25) is 4.79 Å². The van der Waals surface area contributed by atoms with Crippen molar-refractivity contribution in [1.82, 2.24) is 20.1 Å². The molecule has 0 aliphatic rings. The second-order valence-corrected chi connectivity index (χ2v) is 5.98. The Morgan fingerprint density at radius 3 is 2.58 bits per heavy atom. The van der Waals surface area contributed by atoms with Crippen LogP contribution in [0.15, 0.2) is 0 Å². The Hall–Kier alpha value is -1.57. The van der Waals surface area contributed by atoms with Gasteiger partial charge < -0.3 is 15.8 Å². The lowest BCUT2D eigenvalue weighted by atomic mass is 10.00. The third-order valence-electron chi connectivity index (χ3n) is 4.27. The number of carbonyl (C=O) groups is 1. The van der Waals surface area contributed by atoms with Gasteiger partial charge in [-0.15, -0.1) is 29.9 Å². The predicted molar refractivity (Wildman–Crippen MR) is 109 cm³/mol. The second-order valence-electron chi connectivity index (χ2n) is 5.98. The summed E-state index contributed by atoms with van der Waals surface area (Å²) in [6, 6.07) is 0. The molecule has 2 aromatic rings. The van der Waals surface area contributed by atoms with Crippen LogP contribution in [0.1, 0.15) is 36.1 Å². The number of hydrogen-bond donors (Lipinski definition) is 2. The van der Waals surface area contributed by atoms with Crippen molar-refractivity contribution >= 4 is 41.8 Å². The summed E-state index contributed by atoms with van der Waals surface area (Å²) in [5.41, 5.74) is 9.35. The Morgan fingerprint density at radius 2 is 1.96 bits per heavy atom. The lowest BCUT2D eigenvalue weighted by molar-refractivity contribution is -0.121. The third kappa shape index (κ3) is 5.46. The maximum absolute atomic E-state index is 12.0. The fraction of sp³-hybridized carbons (Fsp3) is 0.588. The highest BCUT2D eigenvalue weighted by molar-refractivity contribution is 5.86. The second kappa shape index (κ2) is 11.2. The Labute approximate surface area is 166 Å². The van der Waals surface area contributed by atoms with Crippen molar-refractivity contribution < 1.29 is 9.53 Å². The molecule has 0 aromatic carbocycles. The van der Waals surface area contributed by atoms with Gasteiger partial charge in [0.2, 0.25) is 11.8 Å². The summed E-state index contributed by atoms with van der Waals surface area (Å²) in [5, 5.41) is 8.20. The van der Waals surface area contributed by atoms with Gasteiger partial charge in [0.15, 0.2) is 5.65 Å². The average molecular weight is 406 g/mol. The molecular weight excluding hydrogens is 377 g/mol. The highest BCUT2D eigenvalue weighted by Gasteiger charge is 2.18. The SMILES string of the molecule is COc1nn(C)c2nc(C)c(CCC(=O)NCCCCN)c(C)c12.Cl.Cl. The largest absolute Gasteiger partial charge is 0.479 e. The van der Waals surface area contributed by atoms with E-state index in [-0.39, 0.29) is 30.7 Å². The minimum absolute atomic E-state index is 0. The number of nitrogens with zero attached hydrogens (tertiary/aromatic N) is 3. The molecule has 148 valence electrons. The standard InChI is InChI=1S/C17H27N5O2.2ClH/c1-11-13(7-8-14(23)19-10-6-5-9-18)12(2)20-16-15(11)17(24-4)21-22(16)3;;/h5-10,18H2,1-4H3,(H,19,23);2*1H. The Kier molecular flexibility index (Phi) is 10.5. The van der Waals surface area contributed by atoms with E-state index in [0.29, 0.717) is 31.8 Å². The zero-order valence-corrected chi connectivity index (χ0v) is 17.4. The first-order valence-electron chi connectivity index (χ1n) is 8.33. The number of pyridine rings is 1. The van der Waals surface area contributed by atoms with Crippen molar-refractivity contribution in [3.63, 3.8) is 0 Å². The molecule has 9 heteroatoms. The molecule has 2 aromatic heterocycles.